The number of hydrogen-bond acceptors (Lipinski definition) is 3. The van der Waals surface area contributed by atoms with E-state index in [1.165, 1.54) is 16.8 Å². The van der Waals surface area contributed by atoms with Crippen LogP contribution in [0, 0.1) is 0 Å². The second-order valence-electron chi connectivity index (χ2n) is 6.28. The Balaban J connectivity index is 1.59. The summed E-state index contributed by atoms with van der Waals surface area (Å²) >= 11 is 0. The van der Waals surface area contributed by atoms with Gasteiger partial charge >= 0.3 is 0 Å². The van der Waals surface area contributed by atoms with Crippen LogP contribution in [0.15, 0.2) is 42.5 Å². The highest BCUT2D eigenvalue weighted by molar-refractivity contribution is 5.59. The fraction of sp³-hybridized carbons (Fsp3) is 0.400. The molecule has 0 saturated heterocycles. The maximum absolute atomic E-state index is 6.05. The number of anilines is 2. The number of hydrogen-bond donors (Lipinski definition) is 1. The minimum absolute atomic E-state index is 0.595. The third-order valence-electron chi connectivity index (χ3n) is 4.59. The van der Waals surface area contributed by atoms with Crippen LogP contribution in [0.3, 0.4) is 0 Å². The minimum atomic E-state index is 0.595. The van der Waals surface area contributed by atoms with Gasteiger partial charge in [-0.25, -0.2) is 0 Å². The number of aryl methyl sites for hydroxylation is 1. The van der Waals surface area contributed by atoms with E-state index in [1.807, 2.05) is 19.1 Å². The zero-order valence-corrected chi connectivity index (χ0v) is 14.1. The molecule has 1 unspecified atom stereocenters. The van der Waals surface area contributed by atoms with Gasteiger partial charge in [-0.15, -0.1) is 0 Å². The van der Waals surface area contributed by atoms with E-state index in [-0.39, 0.29) is 0 Å². The molecule has 0 spiro atoms. The molecule has 0 fully saturated rings. The third kappa shape index (κ3) is 3.44. The number of para-hydroxylation sites is 1. The highest BCUT2D eigenvalue weighted by atomic mass is 16.5. The Morgan fingerprint density at radius 1 is 1.22 bits per heavy atom. The van der Waals surface area contributed by atoms with Crippen molar-refractivity contribution in [3.8, 4) is 5.75 Å². The molecule has 1 aliphatic rings. The first-order valence-corrected chi connectivity index (χ1v) is 8.54. The van der Waals surface area contributed by atoms with Crippen molar-refractivity contribution in [2.45, 2.75) is 39.2 Å². The largest absolute Gasteiger partial charge is 0.492 e. The number of nitrogens with zero attached hydrogens (tertiary/aromatic N) is 1. The molecule has 0 aliphatic carbocycles. The molecule has 3 nitrogen and oxygen atoms in total. The minimum Gasteiger partial charge on any atom is -0.492 e. The summed E-state index contributed by atoms with van der Waals surface area (Å²) in [4.78, 5) is 2.53. The number of nitrogen functional groups attached to an aromatic ring is 1. The molecule has 0 aromatic heterocycles. The van der Waals surface area contributed by atoms with Crippen molar-refractivity contribution in [3.63, 3.8) is 0 Å². The third-order valence-corrected chi connectivity index (χ3v) is 4.59. The molecule has 3 rings (SSSR count). The molecule has 0 amide bonds. The SMILES string of the molecule is CCOc1ccc(CCCN2c3ccccc3CC2C)cc1N. The maximum atomic E-state index is 6.05. The van der Waals surface area contributed by atoms with Crippen LogP contribution >= 0.6 is 0 Å². The van der Waals surface area contributed by atoms with Gasteiger partial charge in [0.2, 0.25) is 0 Å². The Hall–Kier alpha value is -2.16. The van der Waals surface area contributed by atoms with Gasteiger partial charge in [-0.2, -0.15) is 0 Å². The molecule has 0 radical (unpaired) electrons. The molecule has 2 aromatic carbocycles. The Kier molecular flexibility index (Phi) is 4.75. The zero-order valence-electron chi connectivity index (χ0n) is 14.1. The van der Waals surface area contributed by atoms with E-state index in [2.05, 4.69) is 42.2 Å². The molecule has 122 valence electrons. The molecule has 0 saturated carbocycles. The molecule has 2 N–H and O–H groups in total. The summed E-state index contributed by atoms with van der Waals surface area (Å²) in [5.41, 5.74) is 11.0. The monoisotopic (exact) mass is 310 g/mol. The lowest BCUT2D eigenvalue weighted by Gasteiger charge is -2.25. The molecule has 2 aromatic rings. The number of fused-ring (bicyclic) bond motifs is 1. The number of benzene rings is 2. The summed E-state index contributed by atoms with van der Waals surface area (Å²) < 4.78 is 5.50. The van der Waals surface area contributed by atoms with Gasteiger partial charge in [-0.05, 0) is 62.4 Å². The van der Waals surface area contributed by atoms with Gasteiger partial charge < -0.3 is 15.4 Å². The van der Waals surface area contributed by atoms with E-state index in [1.54, 1.807) is 0 Å². The Morgan fingerprint density at radius 3 is 2.83 bits per heavy atom. The first kappa shape index (κ1) is 15.7. The Morgan fingerprint density at radius 2 is 2.04 bits per heavy atom. The van der Waals surface area contributed by atoms with Crippen LogP contribution in [0.1, 0.15) is 31.4 Å². The van der Waals surface area contributed by atoms with Gasteiger partial charge in [0.15, 0.2) is 0 Å². The number of ether oxygens (including phenoxy) is 1. The number of rotatable bonds is 6. The van der Waals surface area contributed by atoms with Gasteiger partial charge in [0.05, 0.1) is 12.3 Å². The van der Waals surface area contributed by atoms with E-state index >= 15 is 0 Å². The van der Waals surface area contributed by atoms with E-state index < -0.39 is 0 Å². The molecule has 1 heterocycles. The normalized spacial score (nSPS) is 16.4. The molecule has 0 bridgehead atoms. The van der Waals surface area contributed by atoms with Crippen LogP contribution in [0.2, 0.25) is 0 Å². The lowest BCUT2D eigenvalue weighted by atomic mass is 10.1. The quantitative estimate of drug-likeness (QED) is 0.818. The summed E-state index contributed by atoms with van der Waals surface area (Å²) in [6.45, 7) is 6.03. The van der Waals surface area contributed by atoms with E-state index in [4.69, 9.17) is 10.5 Å². The summed E-state index contributed by atoms with van der Waals surface area (Å²) in [5.74, 6) is 0.790. The second kappa shape index (κ2) is 6.95. The average molecular weight is 310 g/mol. The molecular weight excluding hydrogens is 284 g/mol. The van der Waals surface area contributed by atoms with Gasteiger partial charge in [0, 0.05) is 18.3 Å². The van der Waals surface area contributed by atoms with Crippen molar-refractivity contribution < 1.29 is 4.74 Å². The van der Waals surface area contributed by atoms with Crippen LogP contribution in [-0.2, 0) is 12.8 Å². The van der Waals surface area contributed by atoms with Crippen molar-refractivity contribution in [2.75, 3.05) is 23.8 Å². The van der Waals surface area contributed by atoms with E-state index in [0.29, 0.717) is 12.6 Å². The first-order chi connectivity index (χ1) is 11.2. The fourth-order valence-electron chi connectivity index (χ4n) is 3.46. The molecule has 23 heavy (non-hydrogen) atoms. The fourth-order valence-corrected chi connectivity index (χ4v) is 3.46. The molecular formula is C20H26N2O. The molecule has 3 heteroatoms. The topological polar surface area (TPSA) is 38.5 Å². The second-order valence-corrected chi connectivity index (χ2v) is 6.28. The van der Waals surface area contributed by atoms with Gasteiger partial charge in [-0.3, -0.25) is 0 Å². The van der Waals surface area contributed by atoms with Gasteiger partial charge in [0.1, 0.15) is 5.75 Å². The van der Waals surface area contributed by atoms with Crippen LogP contribution in [0.25, 0.3) is 0 Å². The highest BCUT2D eigenvalue weighted by Gasteiger charge is 2.24. The number of nitrogens with two attached hydrogens (primary N) is 1. The summed E-state index contributed by atoms with van der Waals surface area (Å²) in [5, 5.41) is 0. The lowest BCUT2D eigenvalue weighted by molar-refractivity contribution is 0.342. The van der Waals surface area contributed by atoms with Crippen molar-refractivity contribution in [1.82, 2.24) is 0 Å². The summed E-state index contributed by atoms with van der Waals surface area (Å²) in [6, 6.07) is 15.5. The standard InChI is InChI=1S/C20H26N2O/c1-3-23-20-11-10-16(14-18(20)21)7-6-12-22-15(2)13-17-8-4-5-9-19(17)22/h4-5,8-11,14-15H,3,6-7,12-13,21H2,1-2H3. The maximum Gasteiger partial charge on any atom is 0.142 e. The lowest BCUT2D eigenvalue weighted by Crippen LogP contribution is -2.30. The zero-order chi connectivity index (χ0) is 16.2. The smallest absolute Gasteiger partial charge is 0.142 e. The van der Waals surface area contributed by atoms with Crippen LogP contribution < -0.4 is 15.4 Å². The van der Waals surface area contributed by atoms with Gasteiger partial charge in [-0.1, -0.05) is 24.3 Å². The Bertz CT molecular complexity index is 668. The van der Waals surface area contributed by atoms with E-state index in [0.717, 1.165) is 37.2 Å². The van der Waals surface area contributed by atoms with Crippen molar-refractivity contribution in [2.24, 2.45) is 0 Å². The molecule has 1 aliphatic heterocycles. The van der Waals surface area contributed by atoms with Gasteiger partial charge in [0.25, 0.3) is 0 Å². The highest BCUT2D eigenvalue weighted by Crippen LogP contribution is 2.32. The predicted octanol–water partition coefficient (Wildman–Crippen LogP) is 4.05. The first-order valence-electron chi connectivity index (χ1n) is 8.54. The van der Waals surface area contributed by atoms with Crippen molar-refractivity contribution in [1.29, 1.82) is 0 Å². The van der Waals surface area contributed by atoms with Crippen molar-refractivity contribution >= 4 is 11.4 Å². The van der Waals surface area contributed by atoms with Crippen LogP contribution in [0.5, 0.6) is 5.75 Å². The van der Waals surface area contributed by atoms with E-state index in [9.17, 15) is 0 Å². The van der Waals surface area contributed by atoms with Crippen LogP contribution in [0.4, 0.5) is 11.4 Å². The predicted molar refractivity (Wildman–Crippen MR) is 97.3 cm³/mol. The van der Waals surface area contributed by atoms with Crippen LogP contribution in [-0.4, -0.2) is 19.2 Å². The molecule has 1 atom stereocenters. The average Bonchev–Trinajstić information content (AvgIpc) is 2.86. The Labute approximate surface area is 139 Å². The summed E-state index contributed by atoms with van der Waals surface area (Å²) in [7, 11) is 0. The van der Waals surface area contributed by atoms with Crippen molar-refractivity contribution in [3.05, 3.63) is 53.6 Å². The summed E-state index contributed by atoms with van der Waals surface area (Å²) in [6.07, 6.45) is 3.33.